The van der Waals surface area contributed by atoms with E-state index in [1.165, 1.54) is 12.1 Å². The van der Waals surface area contributed by atoms with Crippen molar-refractivity contribution in [2.24, 2.45) is 0 Å². The molecule has 0 saturated carbocycles. The van der Waals surface area contributed by atoms with Crippen molar-refractivity contribution in [3.8, 4) is 0 Å². The van der Waals surface area contributed by atoms with Gasteiger partial charge in [0.1, 0.15) is 5.82 Å². The third kappa shape index (κ3) is 4.83. The first kappa shape index (κ1) is 22.4. The number of benzene rings is 1. The summed E-state index contributed by atoms with van der Waals surface area (Å²) in [6.07, 6.45) is 4.21. The lowest BCUT2D eigenvalue weighted by molar-refractivity contribution is -0.121. The largest absolute Gasteiger partial charge is 0.356 e. The normalized spacial score (nSPS) is 16.7. The maximum absolute atomic E-state index is 13.3. The van der Waals surface area contributed by atoms with Crippen molar-refractivity contribution in [2.75, 3.05) is 13.1 Å². The molecule has 1 atom stereocenters. The van der Waals surface area contributed by atoms with Crippen molar-refractivity contribution >= 4 is 11.6 Å². The van der Waals surface area contributed by atoms with Crippen LogP contribution in [0.15, 0.2) is 30.3 Å². The highest BCUT2D eigenvalue weighted by atomic mass is 19.1. The van der Waals surface area contributed by atoms with E-state index in [1.807, 2.05) is 30.5 Å². The molecule has 3 heterocycles. The first-order chi connectivity index (χ1) is 15.5. The lowest BCUT2D eigenvalue weighted by Gasteiger charge is -2.23. The third-order valence-corrected chi connectivity index (χ3v) is 6.36. The van der Waals surface area contributed by atoms with Crippen LogP contribution in [0.4, 0.5) is 4.39 Å². The lowest BCUT2D eigenvalue weighted by Crippen LogP contribution is -2.24. The molecule has 1 saturated heterocycles. The molecule has 1 N–H and O–H groups in total. The fourth-order valence-corrected chi connectivity index (χ4v) is 4.64. The van der Waals surface area contributed by atoms with Crippen LogP contribution in [-0.2, 0) is 17.8 Å². The molecule has 3 aromatic rings. The van der Waals surface area contributed by atoms with Gasteiger partial charge in [0.2, 0.25) is 5.91 Å². The molecule has 0 aliphatic carbocycles. The minimum atomic E-state index is -0.206. The average Bonchev–Trinajstić information content (AvgIpc) is 3.40. The van der Waals surface area contributed by atoms with Crippen LogP contribution in [0.2, 0.25) is 0 Å². The van der Waals surface area contributed by atoms with Crippen molar-refractivity contribution in [3.05, 3.63) is 64.4 Å². The molecule has 1 aliphatic heterocycles. The van der Waals surface area contributed by atoms with Gasteiger partial charge in [-0.1, -0.05) is 19.1 Å². The molecule has 32 heavy (non-hydrogen) atoms. The van der Waals surface area contributed by atoms with E-state index >= 15 is 0 Å². The SMILES string of the molecule is CCCNC(=O)CCc1c(C)nc2cc(C3CCCN3Cc3ccc(F)cc3)nn2c1C. The van der Waals surface area contributed by atoms with Gasteiger partial charge in [-0.05, 0) is 69.3 Å². The molecule has 0 bridgehead atoms. The molecular weight excluding hydrogens is 405 g/mol. The number of amides is 1. The Morgan fingerprint density at radius 1 is 1.25 bits per heavy atom. The van der Waals surface area contributed by atoms with Gasteiger partial charge in [0, 0.05) is 37.0 Å². The zero-order chi connectivity index (χ0) is 22.7. The summed E-state index contributed by atoms with van der Waals surface area (Å²) in [5, 5.41) is 7.87. The van der Waals surface area contributed by atoms with E-state index in [9.17, 15) is 9.18 Å². The summed E-state index contributed by atoms with van der Waals surface area (Å²) in [5.74, 6) is -0.128. The van der Waals surface area contributed by atoms with Crippen LogP contribution in [0.25, 0.3) is 5.65 Å². The van der Waals surface area contributed by atoms with Crippen LogP contribution in [0.3, 0.4) is 0 Å². The second-order valence-electron chi connectivity index (χ2n) is 8.71. The summed E-state index contributed by atoms with van der Waals surface area (Å²) in [7, 11) is 0. The molecule has 0 spiro atoms. The molecule has 1 amide bonds. The molecule has 1 unspecified atom stereocenters. The fourth-order valence-electron chi connectivity index (χ4n) is 4.64. The molecule has 1 aromatic carbocycles. The Kier molecular flexibility index (Phi) is 6.84. The summed E-state index contributed by atoms with van der Waals surface area (Å²) in [5.41, 5.74) is 6.08. The monoisotopic (exact) mass is 437 g/mol. The number of fused-ring (bicyclic) bond motifs is 1. The molecule has 0 radical (unpaired) electrons. The van der Waals surface area contributed by atoms with Gasteiger partial charge in [-0.25, -0.2) is 13.9 Å². The second kappa shape index (κ2) is 9.77. The minimum absolute atomic E-state index is 0.0780. The minimum Gasteiger partial charge on any atom is -0.356 e. The zero-order valence-electron chi connectivity index (χ0n) is 19.2. The summed E-state index contributed by atoms with van der Waals surface area (Å²) < 4.78 is 15.2. The fraction of sp³-hybridized carbons (Fsp3) is 0.480. The number of nitrogens with one attached hydrogen (secondary N) is 1. The summed E-state index contributed by atoms with van der Waals surface area (Å²) in [6, 6.07) is 9.06. The van der Waals surface area contributed by atoms with Crippen molar-refractivity contribution in [1.29, 1.82) is 0 Å². The number of halogens is 1. The van der Waals surface area contributed by atoms with Crippen molar-refractivity contribution in [3.63, 3.8) is 0 Å². The highest BCUT2D eigenvalue weighted by Gasteiger charge is 2.29. The van der Waals surface area contributed by atoms with E-state index in [-0.39, 0.29) is 17.8 Å². The van der Waals surface area contributed by atoms with E-state index < -0.39 is 0 Å². The Balaban J connectivity index is 1.54. The zero-order valence-corrected chi connectivity index (χ0v) is 19.2. The summed E-state index contributed by atoms with van der Waals surface area (Å²) in [6.45, 7) is 8.61. The van der Waals surface area contributed by atoms with E-state index in [1.54, 1.807) is 0 Å². The topological polar surface area (TPSA) is 62.5 Å². The third-order valence-electron chi connectivity index (χ3n) is 6.36. The molecule has 4 rings (SSSR count). The van der Waals surface area contributed by atoms with Gasteiger partial charge in [0.15, 0.2) is 5.65 Å². The molecule has 2 aromatic heterocycles. The van der Waals surface area contributed by atoms with Gasteiger partial charge >= 0.3 is 0 Å². The number of hydrogen-bond donors (Lipinski definition) is 1. The summed E-state index contributed by atoms with van der Waals surface area (Å²) in [4.78, 5) is 19.3. The Bertz CT molecular complexity index is 1090. The van der Waals surface area contributed by atoms with Crippen molar-refractivity contribution in [2.45, 2.75) is 65.5 Å². The maximum atomic E-state index is 13.3. The van der Waals surface area contributed by atoms with Crippen LogP contribution in [0.5, 0.6) is 0 Å². The number of likely N-dealkylation sites (tertiary alicyclic amines) is 1. The number of rotatable bonds is 8. The van der Waals surface area contributed by atoms with Gasteiger partial charge in [0.05, 0.1) is 11.7 Å². The van der Waals surface area contributed by atoms with E-state index in [4.69, 9.17) is 10.1 Å². The molecule has 7 heteroatoms. The Hall–Kier alpha value is -2.80. The second-order valence-corrected chi connectivity index (χ2v) is 8.71. The van der Waals surface area contributed by atoms with Crippen LogP contribution in [0.1, 0.15) is 66.9 Å². The first-order valence-electron chi connectivity index (χ1n) is 11.6. The molecular formula is C25H32FN5O. The molecule has 1 fully saturated rings. The van der Waals surface area contributed by atoms with Crippen LogP contribution in [0, 0.1) is 19.7 Å². The van der Waals surface area contributed by atoms with Gasteiger partial charge in [-0.3, -0.25) is 9.69 Å². The highest BCUT2D eigenvalue weighted by Crippen LogP contribution is 2.33. The van der Waals surface area contributed by atoms with Crippen LogP contribution < -0.4 is 5.32 Å². The standard InChI is InChI=1S/C25H32FN5O/c1-4-13-27-25(32)12-11-21-17(2)28-24-15-22(29-31(24)18(21)3)23-6-5-14-30(23)16-19-7-9-20(26)10-8-19/h7-10,15,23H,4-6,11-14,16H2,1-3H3,(H,27,32). The first-order valence-corrected chi connectivity index (χ1v) is 11.6. The lowest BCUT2D eigenvalue weighted by atomic mass is 10.1. The quantitative estimate of drug-likeness (QED) is 0.571. The number of aryl methyl sites for hydroxylation is 2. The van der Waals surface area contributed by atoms with Gasteiger partial charge in [-0.15, -0.1) is 0 Å². The van der Waals surface area contributed by atoms with Crippen LogP contribution in [-0.4, -0.2) is 38.5 Å². The number of carbonyl (C=O) groups excluding carboxylic acids is 1. The van der Waals surface area contributed by atoms with E-state index in [0.29, 0.717) is 19.4 Å². The van der Waals surface area contributed by atoms with Gasteiger partial charge in [-0.2, -0.15) is 5.10 Å². The number of carbonyl (C=O) groups is 1. The Morgan fingerprint density at radius 2 is 2.03 bits per heavy atom. The highest BCUT2D eigenvalue weighted by molar-refractivity contribution is 5.76. The van der Waals surface area contributed by atoms with Gasteiger partial charge in [0.25, 0.3) is 0 Å². The Morgan fingerprint density at radius 3 is 2.78 bits per heavy atom. The predicted octanol–water partition coefficient (Wildman–Crippen LogP) is 4.28. The van der Waals surface area contributed by atoms with Gasteiger partial charge < -0.3 is 5.32 Å². The van der Waals surface area contributed by atoms with Crippen molar-refractivity contribution < 1.29 is 9.18 Å². The predicted molar refractivity (Wildman–Crippen MR) is 123 cm³/mol. The Labute approximate surface area is 188 Å². The smallest absolute Gasteiger partial charge is 0.220 e. The molecule has 1 aliphatic rings. The van der Waals surface area contributed by atoms with Crippen LogP contribution >= 0.6 is 0 Å². The number of aromatic nitrogens is 3. The maximum Gasteiger partial charge on any atom is 0.220 e. The number of hydrogen-bond acceptors (Lipinski definition) is 4. The van der Waals surface area contributed by atoms with E-state index in [2.05, 4.69) is 23.2 Å². The van der Waals surface area contributed by atoms with E-state index in [0.717, 1.165) is 66.2 Å². The molecule has 6 nitrogen and oxygen atoms in total. The molecule has 170 valence electrons. The number of nitrogens with zero attached hydrogens (tertiary/aromatic N) is 4. The van der Waals surface area contributed by atoms with Crippen molar-refractivity contribution in [1.82, 2.24) is 24.8 Å². The summed E-state index contributed by atoms with van der Waals surface area (Å²) >= 11 is 0. The average molecular weight is 438 g/mol.